The quantitative estimate of drug-likeness (QED) is 0.835. The van der Waals surface area contributed by atoms with Crippen molar-refractivity contribution in [1.82, 2.24) is 9.97 Å². The second-order valence-corrected chi connectivity index (χ2v) is 4.01. The zero-order valence-corrected chi connectivity index (χ0v) is 9.38. The van der Waals surface area contributed by atoms with Gasteiger partial charge >= 0.3 is 0 Å². The third kappa shape index (κ3) is 2.03. The van der Waals surface area contributed by atoms with E-state index in [0.29, 0.717) is 17.3 Å². The molecule has 0 fully saturated rings. The number of benzene rings is 1. The number of phenolic OH excluding ortho intramolecular Hbond substituents is 1. The van der Waals surface area contributed by atoms with Gasteiger partial charge in [0.05, 0.1) is 5.56 Å². The van der Waals surface area contributed by atoms with Crippen LogP contribution in [0.1, 0.15) is 25.3 Å². The van der Waals surface area contributed by atoms with E-state index in [0.717, 1.165) is 5.56 Å². The van der Waals surface area contributed by atoms with Crippen LogP contribution in [0.3, 0.4) is 0 Å². The molecule has 0 aliphatic rings. The van der Waals surface area contributed by atoms with Crippen LogP contribution in [0.5, 0.6) is 5.75 Å². The highest BCUT2D eigenvalue weighted by Crippen LogP contribution is 2.25. The maximum atomic E-state index is 9.66. The SMILES string of the molecule is CC(C)c1cnc(-c2ccccc2O)nc1. The molecule has 0 radical (unpaired) electrons. The van der Waals surface area contributed by atoms with Crippen molar-refractivity contribution in [2.24, 2.45) is 0 Å². The molecule has 3 heteroatoms. The van der Waals surface area contributed by atoms with E-state index in [9.17, 15) is 5.11 Å². The molecule has 2 rings (SSSR count). The van der Waals surface area contributed by atoms with E-state index < -0.39 is 0 Å². The van der Waals surface area contributed by atoms with Crippen LogP contribution in [0.2, 0.25) is 0 Å². The summed E-state index contributed by atoms with van der Waals surface area (Å²) in [5.41, 5.74) is 1.76. The average molecular weight is 214 g/mol. The van der Waals surface area contributed by atoms with Gasteiger partial charge in [0, 0.05) is 12.4 Å². The number of hydrogen-bond acceptors (Lipinski definition) is 3. The number of aromatic nitrogens is 2. The van der Waals surface area contributed by atoms with Crippen LogP contribution < -0.4 is 0 Å². The Bertz CT molecular complexity index is 478. The van der Waals surface area contributed by atoms with E-state index >= 15 is 0 Å². The minimum atomic E-state index is 0.208. The molecule has 1 aromatic carbocycles. The molecule has 0 amide bonds. The molecule has 3 nitrogen and oxygen atoms in total. The topological polar surface area (TPSA) is 46.0 Å². The van der Waals surface area contributed by atoms with Gasteiger partial charge in [0.1, 0.15) is 5.75 Å². The first-order chi connectivity index (χ1) is 7.68. The maximum absolute atomic E-state index is 9.66. The Morgan fingerprint density at radius 3 is 2.25 bits per heavy atom. The summed E-state index contributed by atoms with van der Waals surface area (Å²) in [6.07, 6.45) is 3.61. The van der Waals surface area contributed by atoms with Gasteiger partial charge in [-0.3, -0.25) is 0 Å². The average Bonchev–Trinajstić information content (AvgIpc) is 2.30. The number of nitrogens with zero attached hydrogens (tertiary/aromatic N) is 2. The fourth-order valence-electron chi connectivity index (χ4n) is 1.44. The number of hydrogen-bond donors (Lipinski definition) is 1. The molecule has 82 valence electrons. The molecule has 0 aliphatic heterocycles. The number of aromatic hydroxyl groups is 1. The molecule has 16 heavy (non-hydrogen) atoms. The third-order valence-corrected chi connectivity index (χ3v) is 2.48. The van der Waals surface area contributed by atoms with Crippen LogP contribution in [-0.4, -0.2) is 15.1 Å². The highest BCUT2D eigenvalue weighted by Gasteiger charge is 2.06. The first-order valence-electron chi connectivity index (χ1n) is 5.29. The number of rotatable bonds is 2. The van der Waals surface area contributed by atoms with Crippen molar-refractivity contribution in [2.45, 2.75) is 19.8 Å². The Balaban J connectivity index is 2.39. The molecule has 1 N–H and O–H groups in total. The summed E-state index contributed by atoms with van der Waals surface area (Å²) in [7, 11) is 0. The predicted molar refractivity (Wildman–Crippen MR) is 63.2 cm³/mol. The van der Waals surface area contributed by atoms with Crippen LogP contribution >= 0.6 is 0 Å². The van der Waals surface area contributed by atoms with Crippen molar-refractivity contribution < 1.29 is 5.11 Å². The lowest BCUT2D eigenvalue weighted by atomic mass is 10.1. The summed E-state index contributed by atoms with van der Waals surface area (Å²) in [5, 5.41) is 9.66. The van der Waals surface area contributed by atoms with Gasteiger partial charge in [-0.25, -0.2) is 9.97 Å². The second kappa shape index (κ2) is 4.31. The predicted octanol–water partition coefficient (Wildman–Crippen LogP) is 2.97. The van der Waals surface area contributed by atoms with Crippen molar-refractivity contribution in [3.8, 4) is 17.1 Å². The first-order valence-corrected chi connectivity index (χ1v) is 5.29. The smallest absolute Gasteiger partial charge is 0.162 e. The first kappa shape index (κ1) is 10.6. The third-order valence-electron chi connectivity index (χ3n) is 2.48. The van der Waals surface area contributed by atoms with E-state index in [2.05, 4.69) is 23.8 Å². The van der Waals surface area contributed by atoms with Gasteiger partial charge in [-0.15, -0.1) is 0 Å². The van der Waals surface area contributed by atoms with E-state index in [1.54, 1.807) is 30.6 Å². The summed E-state index contributed by atoms with van der Waals surface area (Å²) in [6, 6.07) is 7.07. The lowest BCUT2D eigenvalue weighted by molar-refractivity contribution is 0.477. The van der Waals surface area contributed by atoms with Crippen molar-refractivity contribution in [3.63, 3.8) is 0 Å². The Morgan fingerprint density at radius 2 is 1.69 bits per heavy atom. The summed E-state index contributed by atoms with van der Waals surface area (Å²) in [6.45, 7) is 4.19. The molecular weight excluding hydrogens is 200 g/mol. The maximum Gasteiger partial charge on any atom is 0.162 e. The standard InChI is InChI=1S/C13H14N2O/c1-9(2)10-7-14-13(15-8-10)11-5-3-4-6-12(11)16/h3-9,16H,1-2H3. The van der Waals surface area contributed by atoms with Crippen LogP contribution in [0, 0.1) is 0 Å². The molecule has 1 heterocycles. The highest BCUT2D eigenvalue weighted by molar-refractivity contribution is 5.62. The zero-order chi connectivity index (χ0) is 11.5. The van der Waals surface area contributed by atoms with Gasteiger partial charge in [-0.2, -0.15) is 0 Å². The zero-order valence-electron chi connectivity index (χ0n) is 9.38. The Labute approximate surface area is 94.8 Å². The van der Waals surface area contributed by atoms with Gasteiger partial charge in [-0.05, 0) is 23.6 Å². The molecular formula is C13H14N2O. The lowest BCUT2D eigenvalue weighted by Crippen LogP contribution is -1.94. The molecule has 0 saturated carbocycles. The monoisotopic (exact) mass is 214 g/mol. The van der Waals surface area contributed by atoms with Crippen LogP contribution in [-0.2, 0) is 0 Å². The highest BCUT2D eigenvalue weighted by atomic mass is 16.3. The lowest BCUT2D eigenvalue weighted by Gasteiger charge is -2.06. The normalized spacial score (nSPS) is 10.7. The number of para-hydroxylation sites is 1. The second-order valence-electron chi connectivity index (χ2n) is 4.01. The van der Waals surface area contributed by atoms with Crippen LogP contribution in [0.4, 0.5) is 0 Å². The van der Waals surface area contributed by atoms with Crippen molar-refractivity contribution in [2.75, 3.05) is 0 Å². The van der Waals surface area contributed by atoms with Gasteiger partial charge in [0.15, 0.2) is 5.82 Å². The van der Waals surface area contributed by atoms with Crippen LogP contribution in [0.25, 0.3) is 11.4 Å². The summed E-state index contributed by atoms with van der Waals surface area (Å²) in [4.78, 5) is 8.52. The Kier molecular flexibility index (Phi) is 2.86. The Hall–Kier alpha value is -1.90. The van der Waals surface area contributed by atoms with E-state index in [-0.39, 0.29) is 5.75 Å². The minimum Gasteiger partial charge on any atom is -0.507 e. The Morgan fingerprint density at radius 1 is 1.06 bits per heavy atom. The largest absolute Gasteiger partial charge is 0.507 e. The van der Waals surface area contributed by atoms with Gasteiger partial charge < -0.3 is 5.11 Å². The van der Waals surface area contributed by atoms with E-state index in [1.807, 2.05) is 6.07 Å². The molecule has 0 aliphatic carbocycles. The molecule has 1 aromatic heterocycles. The molecule has 2 aromatic rings. The molecule has 0 unspecified atom stereocenters. The van der Waals surface area contributed by atoms with Crippen LogP contribution in [0.15, 0.2) is 36.7 Å². The summed E-state index contributed by atoms with van der Waals surface area (Å²) in [5.74, 6) is 1.18. The fraction of sp³-hybridized carbons (Fsp3) is 0.231. The van der Waals surface area contributed by atoms with Crippen molar-refractivity contribution in [3.05, 3.63) is 42.2 Å². The van der Waals surface area contributed by atoms with Gasteiger partial charge in [0.25, 0.3) is 0 Å². The number of phenols is 1. The van der Waals surface area contributed by atoms with Gasteiger partial charge in [-0.1, -0.05) is 26.0 Å². The molecule has 0 spiro atoms. The summed E-state index contributed by atoms with van der Waals surface area (Å²) < 4.78 is 0. The van der Waals surface area contributed by atoms with E-state index in [4.69, 9.17) is 0 Å². The minimum absolute atomic E-state index is 0.208. The fourth-order valence-corrected chi connectivity index (χ4v) is 1.44. The van der Waals surface area contributed by atoms with Crippen molar-refractivity contribution in [1.29, 1.82) is 0 Å². The van der Waals surface area contributed by atoms with Gasteiger partial charge in [0.2, 0.25) is 0 Å². The van der Waals surface area contributed by atoms with Crippen molar-refractivity contribution >= 4 is 0 Å². The molecule has 0 atom stereocenters. The van der Waals surface area contributed by atoms with E-state index in [1.165, 1.54) is 0 Å². The molecule has 0 saturated heterocycles. The summed E-state index contributed by atoms with van der Waals surface area (Å²) >= 11 is 0. The molecule has 0 bridgehead atoms.